The van der Waals surface area contributed by atoms with E-state index in [4.69, 9.17) is 9.88 Å². The summed E-state index contributed by atoms with van der Waals surface area (Å²) >= 11 is 0. The lowest BCUT2D eigenvalue weighted by atomic mass is 10.2. The number of aromatic hydroxyl groups is 1. The number of amides is 1. The van der Waals surface area contributed by atoms with Crippen LogP contribution in [0.1, 0.15) is 5.56 Å². The minimum atomic E-state index is -3.94. The smallest absolute Gasteiger partial charge is 0.412 e. The highest BCUT2D eigenvalue weighted by Crippen LogP contribution is 2.26. The number of nitrogens with one attached hydrogen (secondary N) is 1. The van der Waals surface area contributed by atoms with Gasteiger partial charge in [0, 0.05) is 0 Å². The number of phenolic OH excluding ortho intramolecular Hbond substituents is 1. The van der Waals surface area contributed by atoms with Crippen molar-refractivity contribution in [1.82, 2.24) is 0 Å². The SMILES string of the molecule is NS(=O)(=O)c1ccc(O)c(NC(=O)OCc2ccccc2)c1. The first-order valence-electron chi connectivity index (χ1n) is 6.20. The van der Waals surface area contributed by atoms with Crippen molar-refractivity contribution in [3.63, 3.8) is 0 Å². The first-order valence-corrected chi connectivity index (χ1v) is 7.74. The molecular weight excluding hydrogens is 308 g/mol. The summed E-state index contributed by atoms with van der Waals surface area (Å²) in [7, 11) is -3.94. The molecule has 0 saturated heterocycles. The van der Waals surface area contributed by atoms with Gasteiger partial charge in [-0.1, -0.05) is 30.3 Å². The molecule has 2 aromatic carbocycles. The number of primary sulfonamides is 1. The molecule has 0 bridgehead atoms. The van der Waals surface area contributed by atoms with E-state index in [1.807, 2.05) is 6.07 Å². The second-order valence-electron chi connectivity index (χ2n) is 4.41. The van der Waals surface area contributed by atoms with Crippen molar-refractivity contribution in [2.24, 2.45) is 5.14 Å². The van der Waals surface area contributed by atoms with Crippen LogP contribution in [0.4, 0.5) is 10.5 Å². The minimum Gasteiger partial charge on any atom is -0.506 e. The van der Waals surface area contributed by atoms with Crippen LogP contribution in [0.3, 0.4) is 0 Å². The van der Waals surface area contributed by atoms with Crippen LogP contribution in [0.2, 0.25) is 0 Å². The van der Waals surface area contributed by atoms with Crippen LogP contribution in [0.25, 0.3) is 0 Å². The fraction of sp³-hybridized carbons (Fsp3) is 0.0714. The van der Waals surface area contributed by atoms with Crippen molar-refractivity contribution in [2.75, 3.05) is 5.32 Å². The van der Waals surface area contributed by atoms with E-state index in [1.165, 1.54) is 0 Å². The van der Waals surface area contributed by atoms with E-state index in [1.54, 1.807) is 24.3 Å². The average molecular weight is 322 g/mol. The summed E-state index contributed by atoms with van der Waals surface area (Å²) in [5.74, 6) is -0.302. The first kappa shape index (κ1) is 15.8. The van der Waals surface area contributed by atoms with Crippen molar-refractivity contribution in [3.05, 3.63) is 54.1 Å². The zero-order valence-electron chi connectivity index (χ0n) is 11.4. The molecule has 0 unspecified atom stereocenters. The molecule has 2 rings (SSSR count). The summed E-state index contributed by atoms with van der Waals surface area (Å²) in [5, 5.41) is 16.9. The highest BCUT2D eigenvalue weighted by Gasteiger charge is 2.13. The molecule has 0 spiro atoms. The Bertz CT molecular complexity index is 775. The molecule has 0 aliphatic rings. The number of anilines is 1. The first-order chi connectivity index (χ1) is 10.4. The summed E-state index contributed by atoms with van der Waals surface area (Å²) in [5.41, 5.74) is 0.685. The number of rotatable bonds is 4. The molecule has 0 fully saturated rings. The third kappa shape index (κ3) is 4.21. The molecule has 0 aromatic heterocycles. The number of ether oxygens (including phenoxy) is 1. The molecule has 0 heterocycles. The van der Waals surface area contributed by atoms with E-state index < -0.39 is 16.1 Å². The highest BCUT2D eigenvalue weighted by molar-refractivity contribution is 7.89. The summed E-state index contributed by atoms with van der Waals surface area (Å²) in [6, 6.07) is 12.3. The Morgan fingerprint density at radius 2 is 1.86 bits per heavy atom. The standard InChI is InChI=1S/C14H14N2O5S/c15-22(19,20)11-6-7-13(17)12(8-11)16-14(18)21-9-10-4-2-1-3-5-10/h1-8,17H,9H2,(H,16,18)(H2,15,19,20). The molecular formula is C14H14N2O5S. The zero-order chi connectivity index (χ0) is 16.2. The Hall–Kier alpha value is -2.58. The van der Waals surface area contributed by atoms with Gasteiger partial charge in [-0.15, -0.1) is 0 Å². The molecule has 8 heteroatoms. The largest absolute Gasteiger partial charge is 0.506 e. The monoisotopic (exact) mass is 322 g/mol. The van der Waals surface area contributed by atoms with Gasteiger partial charge in [0.25, 0.3) is 0 Å². The number of sulfonamides is 1. The number of carbonyl (C=O) groups excluding carboxylic acids is 1. The number of hydrogen-bond acceptors (Lipinski definition) is 5. The van der Waals surface area contributed by atoms with Gasteiger partial charge in [-0.25, -0.2) is 18.4 Å². The molecule has 2 aromatic rings. The second kappa shape index (κ2) is 6.46. The second-order valence-corrected chi connectivity index (χ2v) is 5.97. The van der Waals surface area contributed by atoms with Crippen LogP contribution in [0.15, 0.2) is 53.4 Å². The van der Waals surface area contributed by atoms with Crippen LogP contribution >= 0.6 is 0 Å². The van der Waals surface area contributed by atoms with Gasteiger partial charge < -0.3 is 9.84 Å². The summed E-state index contributed by atoms with van der Waals surface area (Å²) < 4.78 is 27.5. The normalized spacial score (nSPS) is 11.0. The molecule has 116 valence electrons. The maximum absolute atomic E-state index is 11.7. The van der Waals surface area contributed by atoms with Crippen molar-refractivity contribution in [2.45, 2.75) is 11.5 Å². The van der Waals surface area contributed by atoms with Crippen LogP contribution in [-0.4, -0.2) is 19.6 Å². The number of benzene rings is 2. The molecule has 0 aliphatic carbocycles. The highest BCUT2D eigenvalue weighted by atomic mass is 32.2. The molecule has 0 saturated carbocycles. The Balaban J connectivity index is 2.05. The lowest BCUT2D eigenvalue weighted by Gasteiger charge is -2.09. The Labute approximate surface area is 127 Å². The predicted octanol–water partition coefficient (Wildman–Crippen LogP) is 1.79. The van der Waals surface area contributed by atoms with Crippen LogP contribution in [-0.2, 0) is 21.4 Å². The summed E-state index contributed by atoms with van der Waals surface area (Å²) in [4.78, 5) is 11.4. The van der Waals surface area contributed by atoms with Crippen molar-refractivity contribution in [3.8, 4) is 5.75 Å². The zero-order valence-corrected chi connectivity index (χ0v) is 12.2. The van der Waals surface area contributed by atoms with Crippen LogP contribution in [0, 0.1) is 0 Å². The third-order valence-corrected chi connectivity index (χ3v) is 3.66. The molecule has 22 heavy (non-hydrogen) atoms. The van der Waals surface area contributed by atoms with Crippen LogP contribution < -0.4 is 10.5 Å². The Morgan fingerprint density at radius 1 is 1.18 bits per heavy atom. The van der Waals surface area contributed by atoms with Crippen molar-refractivity contribution in [1.29, 1.82) is 0 Å². The van der Waals surface area contributed by atoms with E-state index in [0.29, 0.717) is 0 Å². The topological polar surface area (TPSA) is 119 Å². The minimum absolute atomic E-state index is 0.0440. The molecule has 4 N–H and O–H groups in total. The molecule has 0 radical (unpaired) electrons. The summed E-state index contributed by atoms with van der Waals surface area (Å²) in [6.45, 7) is 0.0440. The van der Waals surface area contributed by atoms with E-state index in [9.17, 15) is 18.3 Å². The number of hydrogen-bond donors (Lipinski definition) is 3. The van der Waals surface area contributed by atoms with Gasteiger partial charge in [-0.3, -0.25) is 5.32 Å². The van der Waals surface area contributed by atoms with E-state index in [0.717, 1.165) is 23.8 Å². The summed E-state index contributed by atoms with van der Waals surface area (Å²) in [6.07, 6.45) is -0.828. The van der Waals surface area contributed by atoms with E-state index in [-0.39, 0.29) is 22.9 Å². The Morgan fingerprint density at radius 3 is 2.50 bits per heavy atom. The fourth-order valence-electron chi connectivity index (χ4n) is 1.66. The van der Waals surface area contributed by atoms with Gasteiger partial charge in [0.05, 0.1) is 10.6 Å². The molecule has 0 atom stereocenters. The van der Waals surface area contributed by atoms with E-state index in [2.05, 4.69) is 5.32 Å². The number of nitrogens with two attached hydrogens (primary N) is 1. The van der Waals surface area contributed by atoms with E-state index >= 15 is 0 Å². The quantitative estimate of drug-likeness (QED) is 0.741. The molecule has 7 nitrogen and oxygen atoms in total. The van der Waals surface area contributed by atoms with Gasteiger partial charge in [-0.05, 0) is 23.8 Å². The molecule has 1 amide bonds. The maximum atomic E-state index is 11.7. The van der Waals surface area contributed by atoms with Crippen LogP contribution in [0.5, 0.6) is 5.75 Å². The average Bonchev–Trinajstić information content (AvgIpc) is 2.47. The maximum Gasteiger partial charge on any atom is 0.412 e. The number of phenols is 1. The lowest BCUT2D eigenvalue weighted by Crippen LogP contribution is -2.15. The van der Waals surface area contributed by atoms with Gasteiger partial charge >= 0.3 is 6.09 Å². The third-order valence-electron chi connectivity index (χ3n) is 2.75. The van der Waals surface area contributed by atoms with Crippen molar-refractivity contribution < 1.29 is 23.1 Å². The van der Waals surface area contributed by atoms with Gasteiger partial charge in [0.2, 0.25) is 10.0 Å². The Kier molecular flexibility index (Phi) is 4.64. The van der Waals surface area contributed by atoms with Gasteiger partial charge in [-0.2, -0.15) is 0 Å². The lowest BCUT2D eigenvalue weighted by molar-refractivity contribution is 0.155. The molecule has 0 aliphatic heterocycles. The van der Waals surface area contributed by atoms with Gasteiger partial charge in [0.15, 0.2) is 0 Å². The predicted molar refractivity (Wildman–Crippen MR) is 79.7 cm³/mol. The number of carbonyl (C=O) groups is 1. The van der Waals surface area contributed by atoms with Gasteiger partial charge in [0.1, 0.15) is 12.4 Å². The van der Waals surface area contributed by atoms with Crippen molar-refractivity contribution >= 4 is 21.8 Å². The fourth-order valence-corrected chi connectivity index (χ4v) is 2.20.